The van der Waals surface area contributed by atoms with E-state index in [0.29, 0.717) is 24.7 Å². The molecular weight excluding hydrogens is 504 g/mol. The van der Waals surface area contributed by atoms with Gasteiger partial charge in [-0.1, -0.05) is 6.07 Å². The van der Waals surface area contributed by atoms with Crippen LogP contribution in [-0.4, -0.2) is 48.8 Å². The van der Waals surface area contributed by atoms with Crippen molar-refractivity contribution in [3.8, 4) is 17.0 Å². The van der Waals surface area contributed by atoms with E-state index < -0.39 is 5.54 Å². The lowest BCUT2D eigenvalue weighted by Crippen LogP contribution is -2.48. The van der Waals surface area contributed by atoms with Crippen LogP contribution in [0.5, 0.6) is 5.75 Å². The monoisotopic (exact) mass is 538 g/mol. The van der Waals surface area contributed by atoms with Crippen LogP contribution >= 0.6 is 0 Å². The molecule has 6 rings (SSSR count). The van der Waals surface area contributed by atoms with Crippen molar-refractivity contribution in [1.29, 1.82) is 0 Å². The average molecular weight is 539 g/mol. The van der Waals surface area contributed by atoms with Gasteiger partial charge in [-0.05, 0) is 69.5 Å². The summed E-state index contributed by atoms with van der Waals surface area (Å²) in [5, 5.41) is 8.12. The van der Waals surface area contributed by atoms with Gasteiger partial charge in [0.1, 0.15) is 6.10 Å². The molecule has 4 aromatic rings. The number of carbonyl (C=O) groups is 1. The van der Waals surface area contributed by atoms with Crippen molar-refractivity contribution in [3.63, 3.8) is 0 Å². The van der Waals surface area contributed by atoms with E-state index in [1.54, 1.807) is 31.0 Å². The van der Waals surface area contributed by atoms with Crippen molar-refractivity contribution in [2.75, 3.05) is 18.8 Å². The SMILES string of the molecule is C[C@@H](Oc1cc(-c2cc3n(n2)CCC32CCN(C(=O)NC(C)(C)c3ccncc3)C2)cnc1N)c1cccnc1. The van der Waals surface area contributed by atoms with Crippen LogP contribution in [0.1, 0.15) is 56.5 Å². The van der Waals surface area contributed by atoms with Gasteiger partial charge in [0.25, 0.3) is 0 Å². The number of anilines is 1. The minimum Gasteiger partial charge on any atom is -0.482 e. The summed E-state index contributed by atoms with van der Waals surface area (Å²) in [6, 6.07) is 11.7. The molecule has 2 aliphatic heterocycles. The lowest BCUT2D eigenvalue weighted by Gasteiger charge is -2.30. The van der Waals surface area contributed by atoms with Gasteiger partial charge in [0.2, 0.25) is 0 Å². The maximum absolute atomic E-state index is 13.3. The molecule has 1 fully saturated rings. The summed E-state index contributed by atoms with van der Waals surface area (Å²) < 4.78 is 8.24. The summed E-state index contributed by atoms with van der Waals surface area (Å²) in [5.74, 6) is 0.840. The van der Waals surface area contributed by atoms with Gasteiger partial charge in [0.15, 0.2) is 11.6 Å². The molecule has 4 aromatic heterocycles. The zero-order valence-electron chi connectivity index (χ0n) is 23.0. The van der Waals surface area contributed by atoms with E-state index in [4.69, 9.17) is 15.6 Å². The number of nitrogen functional groups attached to an aromatic ring is 1. The van der Waals surface area contributed by atoms with Crippen molar-refractivity contribution in [1.82, 2.24) is 34.9 Å². The highest BCUT2D eigenvalue weighted by Crippen LogP contribution is 2.44. The molecule has 0 radical (unpaired) electrons. The predicted octanol–water partition coefficient (Wildman–Crippen LogP) is 4.45. The molecule has 2 aliphatic rings. The van der Waals surface area contributed by atoms with E-state index in [1.165, 1.54) is 0 Å². The minimum absolute atomic E-state index is 0.0517. The van der Waals surface area contributed by atoms with Crippen molar-refractivity contribution >= 4 is 11.8 Å². The fraction of sp³-hybridized carbons (Fsp3) is 0.367. The molecule has 3 N–H and O–H groups in total. The number of urea groups is 1. The molecule has 10 nitrogen and oxygen atoms in total. The number of carbonyl (C=O) groups excluding carboxylic acids is 1. The fourth-order valence-corrected chi connectivity index (χ4v) is 5.81. The summed E-state index contributed by atoms with van der Waals surface area (Å²) in [6.07, 6.45) is 10.4. The Morgan fingerprint density at radius 3 is 2.67 bits per heavy atom. The zero-order valence-corrected chi connectivity index (χ0v) is 23.0. The van der Waals surface area contributed by atoms with Crippen LogP contribution in [0.15, 0.2) is 67.4 Å². The number of rotatable bonds is 6. The van der Waals surface area contributed by atoms with Crippen LogP contribution in [0.2, 0.25) is 0 Å². The van der Waals surface area contributed by atoms with E-state index >= 15 is 0 Å². The van der Waals surface area contributed by atoms with E-state index in [2.05, 4.69) is 31.0 Å². The highest BCUT2D eigenvalue weighted by molar-refractivity contribution is 5.76. The van der Waals surface area contributed by atoms with Crippen molar-refractivity contribution in [3.05, 3.63) is 84.2 Å². The zero-order chi connectivity index (χ0) is 27.9. The third kappa shape index (κ3) is 4.74. The second-order valence-electron chi connectivity index (χ2n) is 11.3. The normalized spacial score (nSPS) is 19.0. The summed E-state index contributed by atoms with van der Waals surface area (Å²) in [5.41, 5.74) is 10.3. The molecule has 206 valence electrons. The Morgan fingerprint density at radius 2 is 1.90 bits per heavy atom. The lowest BCUT2D eigenvalue weighted by molar-refractivity contribution is 0.194. The number of hydrogen-bond donors (Lipinski definition) is 2. The first kappa shape index (κ1) is 25.8. The summed E-state index contributed by atoms with van der Waals surface area (Å²) >= 11 is 0. The summed E-state index contributed by atoms with van der Waals surface area (Å²) in [4.78, 5) is 27.9. The largest absolute Gasteiger partial charge is 0.482 e. The molecule has 1 saturated heterocycles. The van der Waals surface area contributed by atoms with Crippen molar-refractivity contribution in [2.45, 2.75) is 57.2 Å². The van der Waals surface area contributed by atoms with E-state index in [-0.39, 0.29) is 17.6 Å². The highest BCUT2D eigenvalue weighted by Gasteiger charge is 2.47. The third-order valence-corrected chi connectivity index (χ3v) is 8.22. The molecular formula is C30H34N8O2. The second kappa shape index (κ2) is 9.93. The van der Waals surface area contributed by atoms with E-state index in [0.717, 1.165) is 47.5 Å². The first-order valence-electron chi connectivity index (χ1n) is 13.6. The molecule has 2 amide bonds. The Labute approximate surface area is 233 Å². The van der Waals surface area contributed by atoms with Gasteiger partial charge >= 0.3 is 6.03 Å². The number of aryl methyl sites for hydroxylation is 1. The standard InChI is InChI=1S/C30H34N8O2/c1-20(21-5-4-10-33-17-21)40-25-15-22(18-34-27(25)31)24-16-26-30(9-14-38(26)36-24)8-13-37(19-30)28(39)35-29(2,3)23-6-11-32-12-7-23/h4-7,10-12,15-18,20H,8-9,13-14,19H2,1-3H3,(H2,31,34)(H,35,39)/t20-,30?/m1/s1. The number of amides is 2. The second-order valence-corrected chi connectivity index (χ2v) is 11.3. The predicted molar refractivity (Wildman–Crippen MR) is 151 cm³/mol. The van der Waals surface area contributed by atoms with Gasteiger partial charge < -0.3 is 20.7 Å². The van der Waals surface area contributed by atoms with Crippen LogP contribution in [0.25, 0.3) is 11.3 Å². The molecule has 1 spiro atoms. The number of nitrogens with zero attached hydrogens (tertiary/aromatic N) is 6. The molecule has 0 bridgehead atoms. The third-order valence-electron chi connectivity index (χ3n) is 8.22. The van der Waals surface area contributed by atoms with Crippen LogP contribution in [0.4, 0.5) is 10.6 Å². The molecule has 40 heavy (non-hydrogen) atoms. The van der Waals surface area contributed by atoms with Crippen LogP contribution in [0, 0.1) is 0 Å². The van der Waals surface area contributed by atoms with Gasteiger partial charge in [-0.15, -0.1) is 0 Å². The molecule has 1 unspecified atom stereocenters. The number of ether oxygens (including phenoxy) is 1. The topological polar surface area (TPSA) is 124 Å². The number of nitrogens with one attached hydrogen (secondary N) is 1. The summed E-state index contributed by atoms with van der Waals surface area (Å²) in [7, 11) is 0. The van der Waals surface area contributed by atoms with Gasteiger partial charge in [-0.2, -0.15) is 5.10 Å². The van der Waals surface area contributed by atoms with Crippen molar-refractivity contribution < 1.29 is 9.53 Å². The number of aromatic nitrogens is 5. The maximum atomic E-state index is 13.3. The number of likely N-dealkylation sites (tertiary alicyclic amines) is 1. The van der Waals surface area contributed by atoms with Crippen molar-refractivity contribution in [2.24, 2.45) is 0 Å². The van der Waals surface area contributed by atoms with Gasteiger partial charge in [-0.25, -0.2) is 9.78 Å². The Bertz CT molecular complexity index is 1520. The van der Waals surface area contributed by atoms with Gasteiger partial charge in [-0.3, -0.25) is 14.6 Å². The molecule has 6 heterocycles. The van der Waals surface area contributed by atoms with Crippen LogP contribution in [0.3, 0.4) is 0 Å². The number of fused-ring (bicyclic) bond motifs is 2. The minimum atomic E-state index is -0.503. The van der Waals surface area contributed by atoms with Gasteiger partial charge in [0, 0.05) is 72.9 Å². The Morgan fingerprint density at radius 1 is 1.10 bits per heavy atom. The smallest absolute Gasteiger partial charge is 0.318 e. The first-order chi connectivity index (χ1) is 19.2. The quantitative estimate of drug-likeness (QED) is 0.372. The molecule has 2 atom stereocenters. The van der Waals surface area contributed by atoms with E-state index in [1.807, 2.05) is 56.0 Å². The molecule has 10 heteroatoms. The van der Waals surface area contributed by atoms with Crippen LogP contribution < -0.4 is 15.8 Å². The Kier molecular flexibility index (Phi) is 6.40. The Balaban J connectivity index is 1.18. The number of hydrogen-bond acceptors (Lipinski definition) is 7. The first-order valence-corrected chi connectivity index (χ1v) is 13.6. The van der Waals surface area contributed by atoms with Gasteiger partial charge in [0.05, 0.1) is 11.2 Å². The molecule has 0 aliphatic carbocycles. The highest BCUT2D eigenvalue weighted by atomic mass is 16.5. The maximum Gasteiger partial charge on any atom is 0.318 e. The van der Waals surface area contributed by atoms with Crippen LogP contribution in [-0.2, 0) is 17.5 Å². The molecule has 0 saturated carbocycles. The fourth-order valence-electron chi connectivity index (χ4n) is 5.81. The van der Waals surface area contributed by atoms with E-state index in [9.17, 15) is 4.79 Å². The summed E-state index contributed by atoms with van der Waals surface area (Å²) in [6.45, 7) is 8.16. The lowest BCUT2D eigenvalue weighted by atomic mass is 9.82. The number of pyridine rings is 3. The molecule has 0 aromatic carbocycles. The average Bonchev–Trinajstić information content (AvgIpc) is 3.67. The Hall–Kier alpha value is -4.47. The number of nitrogens with two attached hydrogens (primary N) is 1.